The number of hydrogen-bond donors (Lipinski definition) is 2. The molecule has 0 bridgehead atoms. The molecule has 0 unspecified atom stereocenters. The first kappa shape index (κ1) is 14.2. The van der Waals surface area contributed by atoms with Crippen molar-refractivity contribution >= 4 is 23.5 Å². The van der Waals surface area contributed by atoms with Crippen LogP contribution in [0.5, 0.6) is 0 Å². The Balaban J connectivity index is 1.86. The standard InChI is InChI=1S/C15H13ClN6/c16-12-5-3-11(4-6-12)13(21-14-17-7-1-8-18-14)22-15-19-9-2-10-20-15/h1-10,13H,(H,17,18,21)(H,19,20,22). The van der Waals surface area contributed by atoms with E-state index in [2.05, 4.69) is 30.6 Å². The van der Waals surface area contributed by atoms with Gasteiger partial charge in [-0.3, -0.25) is 0 Å². The zero-order valence-corrected chi connectivity index (χ0v) is 12.3. The zero-order chi connectivity index (χ0) is 15.2. The van der Waals surface area contributed by atoms with Gasteiger partial charge in [0.1, 0.15) is 6.17 Å². The molecule has 0 aliphatic carbocycles. The van der Waals surface area contributed by atoms with Gasteiger partial charge in [0.2, 0.25) is 11.9 Å². The van der Waals surface area contributed by atoms with Crippen molar-refractivity contribution in [3.63, 3.8) is 0 Å². The van der Waals surface area contributed by atoms with Crippen molar-refractivity contribution in [2.24, 2.45) is 0 Å². The summed E-state index contributed by atoms with van der Waals surface area (Å²) in [6, 6.07) is 11.0. The van der Waals surface area contributed by atoms with E-state index in [1.165, 1.54) is 0 Å². The van der Waals surface area contributed by atoms with Crippen molar-refractivity contribution in [2.45, 2.75) is 6.17 Å². The predicted octanol–water partition coefficient (Wildman–Crippen LogP) is 3.14. The lowest BCUT2D eigenvalue weighted by Gasteiger charge is -2.20. The van der Waals surface area contributed by atoms with Crippen LogP contribution in [0.4, 0.5) is 11.9 Å². The zero-order valence-electron chi connectivity index (χ0n) is 11.5. The SMILES string of the molecule is Clc1ccc(C(Nc2ncccn2)Nc2ncccn2)cc1. The van der Waals surface area contributed by atoms with Crippen LogP contribution in [0.3, 0.4) is 0 Å². The summed E-state index contributed by atoms with van der Waals surface area (Å²) in [5.74, 6) is 1.01. The molecule has 3 aromatic rings. The Kier molecular flexibility index (Phi) is 4.41. The minimum absolute atomic E-state index is 0.290. The molecule has 6 nitrogen and oxygen atoms in total. The normalized spacial score (nSPS) is 10.5. The van der Waals surface area contributed by atoms with Crippen LogP contribution in [0.15, 0.2) is 61.2 Å². The van der Waals surface area contributed by atoms with Gasteiger partial charge in [0.05, 0.1) is 0 Å². The first-order valence-electron chi connectivity index (χ1n) is 6.64. The Morgan fingerprint density at radius 3 is 1.64 bits per heavy atom. The molecule has 0 saturated heterocycles. The molecule has 0 amide bonds. The maximum absolute atomic E-state index is 5.95. The van der Waals surface area contributed by atoms with E-state index in [9.17, 15) is 0 Å². The minimum Gasteiger partial charge on any atom is -0.330 e. The molecule has 0 atom stereocenters. The Bertz CT molecular complexity index is 664. The molecule has 2 heterocycles. The van der Waals surface area contributed by atoms with E-state index in [-0.39, 0.29) is 6.17 Å². The highest BCUT2D eigenvalue weighted by molar-refractivity contribution is 6.30. The smallest absolute Gasteiger partial charge is 0.224 e. The molecule has 0 saturated carbocycles. The van der Waals surface area contributed by atoms with Crippen LogP contribution < -0.4 is 10.6 Å². The summed E-state index contributed by atoms with van der Waals surface area (Å²) in [5, 5.41) is 7.09. The van der Waals surface area contributed by atoms with Gasteiger partial charge >= 0.3 is 0 Å². The lowest BCUT2D eigenvalue weighted by atomic mass is 10.2. The number of hydrogen-bond acceptors (Lipinski definition) is 6. The van der Waals surface area contributed by atoms with E-state index in [1.807, 2.05) is 24.3 Å². The number of halogens is 1. The molecule has 3 rings (SSSR count). The minimum atomic E-state index is -0.290. The molecule has 22 heavy (non-hydrogen) atoms. The van der Waals surface area contributed by atoms with Crippen LogP contribution in [-0.2, 0) is 0 Å². The van der Waals surface area contributed by atoms with Crippen LogP contribution in [0.1, 0.15) is 11.7 Å². The van der Waals surface area contributed by atoms with E-state index in [0.29, 0.717) is 16.9 Å². The molecule has 1 aromatic carbocycles. The third kappa shape index (κ3) is 3.67. The molecule has 110 valence electrons. The van der Waals surface area contributed by atoms with Gasteiger partial charge in [-0.15, -0.1) is 0 Å². The maximum atomic E-state index is 5.95. The van der Waals surface area contributed by atoms with Crippen molar-refractivity contribution in [3.05, 3.63) is 71.8 Å². The second-order valence-electron chi connectivity index (χ2n) is 4.42. The van der Waals surface area contributed by atoms with Crippen LogP contribution in [0.2, 0.25) is 5.02 Å². The fourth-order valence-electron chi connectivity index (χ4n) is 1.86. The van der Waals surface area contributed by atoms with Crippen molar-refractivity contribution < 1.29 is 0 Å². The van der Waals surface area contributed by atoms with E-state index >= 15 is 0 Å². The first-order valence-corrected chi connectivity index (χ1v) is 7.01. The Morgan fingerprint density at radius 1 is 0.727 bits per heavy atom. The second kappa shape index (κ2) is 6.82. The average Bonchev–Trinajstić information content (AvgIpc) is 2.57. The van der Waals surface area contributed by atoms with Crippen LogP contribution in [-0.4, -0.2) is 19.9 Å². The largest absolute Gasteiger partial charge is 0.330 e. The van der Waals surface area contributed by atoms with Crippen LogP contribution in [0, 0.1) is 0 Å². The highest BCUT2D eigenvalue weighted by Crippen LogP contribution is 2.20. The topological polar surface area (TPSA) is 75.6 Å². The number of benzene rings is 1. The quantitative estimate of drug-likeness (QED) is 0.705. The summed E-state index contributed by atoms with van der Waals surface area (Å²) in [6.45, 7) is 0. The van der Waals surface area contributed by atoms with Gasteiger partial charge in [0.25, 0.3) is 0 Å². The third-order valence-corrected chi connectivity index (χ3v) is 3.13. The second-order valence-corrected chi connectivity index (χ2v) is 4.85. The van der Waals surface area contributed by atoms with Gasteiger partial charge in [-0.1, -0.05) is 23.7 Å². The first-order chi connectivity index (χ1) is 10.8. The molecular formula is C15H13ClN6. The van der Waals surface area contributed by atoms with Crippen molar-refractivity contribution in [3.8, 4) is 0 Å². The summed E-state index contributed by atoms with van der Waals surface area (Å²) < 4.78 is 0. The molecule has 0 radical (unpaired) electrons. The van der Waals surface area contributed by atoms with E-state index < -0.39 is 0 Å². The third-order valence-electron chi connectivity index (χ3n) is 2.88. The molecule has 2 aromatic heterocycles. The van der Waals surface area contributed by atoms with E-state index in [0.717, 1.165) is 5.56 Å². The van der Waals surface area contributed by atoms with Crippen molar-refractivity contribution in [1.29, 1.82) is 0 Å². The summed E-state index contributed by atoms with van der Waals surface area (Å²) in [4.78, 5) is 16.7. The number of rotatable bonds is 5. The van der Waals surface area contributed by atoms with Gasteiger partial charge in [0.15, 0.2) is 0 Å². The molecule has 0 fully saturated rings. The van der Waals surface area contributed by atoms with Crippen LogP contribution in [0.25, 0.3) is 0 Å². The fourth-order valence-corrected chi connectivity index (χ4v) is 1.99. The number of nitrogens with zero attached hydrogens (tertiary/aromatic N) is 4. The summed E-state index contributed by atoms with van der Waals surface area (Å²) >= 11 is 5.95. The van der Waals surface area contributed by atoms with Crippen molar-refractivity contribution in [1.82, 2.24) is 19.9 Å². The maximum Gasteiger partial charge on any atom is 0.224 e. The van der Waals surface area contributed by atoms with Gasteiger partial charge in [-0.25, -0.2) is 19.9 Å². The molecule has 2 N–H and O–H groups in total. The monoisotopic (exact) mass is 312 g/mol. The van der Waals surface area contributed by atoms with Gasteiger partial charge < -0.3 is 10.6 Å². The summed E-state index contributed by atoms with van der Waals surface area (Å²) in [7, 11) is 0. The fraction of sp³-hybridized carbons (Fsp3) is 0.0667. The lowest BCUT2D eigenvalue weighted by Crippen LogP contribution is -2.22. The van der Waals surface area contributed by atoms with Crippen LogP contribution >= 0.6 is 11.6 Å². The highest BCUT2D eigenvalue weighted by Gasteiger charge is 2.13. The van der Waals surface area contributed by atoms with E-state index in [4.69, 9.17) is 11.6 Å². The average molecular weight is 313 g/mol. The predicted molar refractivity (Wildman–Crippen MR) is 85.5 cm³/mol. The van der Waals surface area contributed by atoms with E-state index in [1.54, 1.807) is 36.9 Å². The van der Waals surface area contributed by atoms with Gasteiger partial charge in [0, 0.05) is 29.8 Å². The molecule has 7 heteroatoms. The summed E-state index contributed by atoms with van der Waals surface area (Å²) in [5.41, 5.74) is 0.962. The molecule has 0 aliphatic rings. The van der Waals surface area contributed by atoms with Gasteiger partial charge in [-0.2, -0.15) is 0 Å². The highest BCUT2D eigenvalue weighted by atomic mass is 35.5. The lowest BCUT2D eigenvalue weighted by molar-refractivity contribution is 0.855. The Hall–Kier alpha value is -2.73. The number of nitrogens with one attached hydrogen (secondary N) is 2. The Morgan fingerprint density at radius 2 is 1.18 bits per heavy atom. The van der Waals surface area contributed by atoms with Gasteiger partial charge in [-0.05, 0) is 29.8 Å². The summed E-state index contributed by atoms with van der Waals surface area (Å²) in [6.07, 6.45) is 6.41. The Labute approximate surface area is 132 Å². The van der Waals surface area contributed by atoms with Crippen molar-refractivity contribution in [2.75, 3.05) is 10.6 Å². The molecule has 0 aliphatic heterocycles. The number of anilines is 2. The number of aromatic nitrogens is 4. The molecular weight excluding hydrogens is 300 g/mol. The molecule has 0 spiro atoms.